The highest BCUT2D eigenvalue weighted by Gasteiger charge is 2.08. The lowest BCUT2D eigenvalue weighted by molar-refractivity contribution is 0.415. The standard InChI is InChI=1S/C20H24OS2/c1-4-5-10-19-17(15-23-20(19)22-3)9-7-6-8-16-11-13-18(21-2)14-12-16/h6-9,11-15H,4-5,10H2,1-3H3/b8-6+,9-7+. The fourth-order valence-corrected chi connectivity index (χ4v) is 4.14. The van der Waals surface area contributed by atoms with Gasteiger partial charge in [0.2, 0.25) is 0 Å². The van der Waals surface area contributed by atoms with Crippen molar-refractivity contribution in [3.8, 4) is 5.75 Å². The van der Waals surface area contributed by atoms with Gasteiger partial charge in [0.1, 0.15) is 5.75 Å². The number of ether oxygens (including phenoxy) is 1. The molecule has 3 heteroatoms. The third-order valence-corrected chi connectivity index (χ3v) is 5.88. The molecule has 1 heterocycles. The third kappa shape index (κ3) is 5.29. The van der Waals surface area contributed by atoms with Crippen LogP contribution in [0.5, 0.6) is 5.75 Å². The van der Waals surface area contributed by atoms with E-state index in [1.807, 2.05) is 35.2 Å². The average molecular weight is 345 g/mol. The summed E-state index contributed by atoms with van der Waals surface area (Å²) in [5.74, 6) is 0.890. The van der Waals surface area contributed by atoms with Crippen molar-refractivity contribution in [1.29, 1.82) is 0 Å². The fourth-order valence-electron chi connectivity index (χ4n) is 2.33. The number of rotatable bonds is 8. The normalized spacial score (nSPS) is 11.6. The molecule has 1 nitrogen and oxygen atoms in total. The van der Waals surface area contributed by atoms with Crippen LogP contribution in [0.15, 0.2) is 46.0 Å². The van der Waals surface area contributed by atoms with Crippen LogP contribution in [-0.2, 0) is 6.42 Å². The van der Waals surface area contributed by atoms with Crippen molar-refractivity contribution in [3.63, 3.8) is 0 Å². The summed E-state index contributed by atoms with van der Waals surface area (Å²) in [6.45, 7) is 2.25. The lowest BCUT2D eigenvalue weighted by Gasteiger charge is -2.02. The van der Waals surface area contributed by atoms with Gasteiger partial charge in [0, 0.05) is 0 Å². The van der Waals surface area contributed by atoms with E-state index in [9.17, 15) is 0 Å². The first-order chi connectivity index (χ1) is 11.3. The molecule has 0 spiro atoms. The number of benzene rings is 1. The molecule has 0 fully saturated rings. The van der Waals surface area contributed by atoms with Crippen LogP contribution in [0, 0.1) is 0 Å². The first-order valence-corrected chi connectivity index (χ1v) is 10.0. The Morgan fingerprint density at radius 1 is 1.13 bits per heavy atom. The Morgan fingerprint density at radius 2 is 1.87 bits per heavy atom. The smallest absolute Gasteiger partial charge is 0.118 e. The van der Waals surface area contributed by atoms with E-state index < -0.39 is 0 Å². The number of allylic oxidation sites excluding steroid dienone is 2. The Bertz CT molecular complexity index is 651. The number of methoxy groups -OCH3 is 1. The minimum absolute atomic E-state index is 0.890. The summed E-state index contributed by atoms with van der Waals surface area (Å²) in [6, 6.07) is 8.09. The average Bonchev–Trinajstić information content (AvgIpc) is 2.99. The Hall–Kier alpha value is -1.45. The Labute approximate surface area is 148 Å². The molecule has 0 aliphatic rings. The van der Waals surface area contributed by atoms with Crippen LogP contribution in [0.25, 0.3) is 12.2 Å². The molecule has 0 atom stereocenters. The SMILES string of the molecule is CCCCc1c(/C=C/C=C/c2ccc(OC)cc2)csc1SC. The molecule has 0 unspecified atom stereocenters. The highest BCUT2D eigenvalue weighted by atomic mass is 32.2. The van der Waals surface area contributed by atoms with E-state index in [4.69, 9.17) is 4.74 Å². The minimum atomic E-state index is 0.890. The molecule has 122 valence electrons. The molecule has 2 rings (SSSR count). The summed E-state index contributed by atoms with van der Waals surface area (Å²) in [5.41, 5.74) is 4.06. The van der Waals surface area contributed by atoms with Gasteiger partial charge in [-0.15, -0.1) is 23.1 Å². The van der Waals surface area contributed by atoms with E-state index >= 15 is 0 Å². The van der Waals surface area contributed by atoms with Crippen molar-refractivity contribution in [1.82, 2.24) is 0 Å². The Balaban J connectivity index is 2.04. The van der Waals surface area contributed by atoms with E-state index in [0.717, 1.165) is 5.75 Å². The van der Waals surface area contributed by atoms with Crippen LogP contribution in [0.3, 0.4) is 0 Å². The predicted molar refractivity (Wildman–Crippen MR) is 106 cm³/mol. The van der Waals surface area contributed by atoms with Crippen LogP contribution in [-0.4, -0.2) is 13.4 Å². The molecule has 0 aliphatic heterocycles. The van der Waals surface area contributed by atoms with Crippen molar-refractivity contribution in [2.24, 2.45) is 0 Å². The summed E-state index contributed by atoms with van der Waals surface area (Å²) in [5, 5.41) is 2.27. The van der Waals surface area contributed by atoms with Crippen LogP contribution < -0.4 is 4.74 Å². The van der Waals surface area contributed by atoms with Gasteiger partial charge in [-0.3, -0.25) is 0 Å². The van der Waals surface area contributed by atoms with E-state index in [1.165, 1.54) is 40.2 Å². The first-order valence-electron chi connectivity index (χ1n) is 7.91. The van der Waals surface area contributed by atoms with Gasteiger partial charge in [-0.1, -0.05) is 49.8 Å². The lowest BCUT2D eigenvalue weighted by atomic mass is 10.1. The number of hydrogen-bond acceptors (Lipinski definition) is 3. The second-order valence-corrected chi connectivity index (χ2v) is 7.21. The van der Waals surface area contributed by atoms with Crippen molar-refractivity contribution in [3.05, 3.63) is 58.5 Å². The number of unbranched alkanes of at least 4 members (excludes halogenated alkanes) is 1. The van der Waals surface area contributed by atoms with E-state index in [-0.39, 0.29) is 0 Å². The van der Waals surface area contributed by atoms with Gasteiger partial charge in [0.15, 0.2) is 0 Å². The molecule has 1 aromatic carbocycles. The molecule has 0 N–H and O–H groups in total. The van der Waals surface area contributed by atoms with Gasteiger partial charge in [-0.05, 0) is 53.3 Å². The van der Waals surface area contributed by atoms with Crippen molar-refractivity contribution < 1.29 is 4.74 Å². The van der Waals surface area contributed by atoms with Crippen molar-refractivity contribution >= 4 is 35.3 Å². The first kappa shape index (κ1) is 17.9. The molecule has 0 saturated heterocycles. The molecular formula is C20H24OS2. The maximum absolute atomic E-state index is 5.17. The van der Waals surface area contributed by atoms with Crippen LogP contribution in [0.1, 0.15) is 36.5 Å². The summed E-state index contributed by atoms with van der Waals surface area (Å²) >= 11 is 3.72. The Morgan fingerprint density at radius 3 is 2.52 bits per heavy atom. The van der Waals surface area contributed by atoms with E-state index in [0.29, 0.717) is 0 Å². The molecule has 0 aliphatic carbocycles. The molecule has 0 bridgehead atoms. The molecule has 1 aromatic heterocycles. The molecule has 2 aromatic rings. The maximum Gasteiger partial charge on any atom is 0.118 e. The maximum atomic E-state index is 5.17. The second-order valence-electron chi connectivity index (χ2n) is 5.26. The number of thiophene rings is 1. The summed E-state index contributed by atoms with van der Waals surface area (Å²) in [4.78, 5) is 0. The third-order valence-electron chi connectivity index (χ3n) is 3.64. The number of thioether (sulfide) groups is 1. The highest BCUT2D eigenvalue weighted by Crippen LogP contribution is 2.32. The topological polar surface area (TPSA) is 9.23 Å². The van der Waals surface area contributed by atoms with Gasteiger partial charge in [-0.2, -0.15) is 0 Å². The lowest BCUT2D eigenvalue weighted by Crippen LogP contribution is -1.86. The largest absolute Gasteiger partial charge is 0.497 e. The van der Waals surface area contributed by atoms with Crippen molar-refractivity contribution in [2.75, 3.05) is 13.4 Å². The van der Waals surface area contributed by atoms with E-state index in [2.05, 4.69) is 55.0 Å². The van der Waals surface area contributed by atoms with Crippen LogP contribution >= 0.6 is 23.1 Å². The molecule has 0 radical (unpaired) electrons. The monoisotopic (exact) mass is 344 g/mol. The Kier molecular flexibility index (Phi) is 7.50. The summed E-state index contributed by atoms with van der Waals surface area (Å²) < 4.78 is 6.63. The van der Waals surface area contributed by atoms with E-state index in [1.54, 1.807) is 7.11 Å². The second kappa shape index (κ2) is 9.64. The zero-order chi connectivity index (χ0) is 16.5. The molecular weight excluding hydrogens is 320 g/mol. The zero-order valence-corrected chi connectivity index (χ0v) is 15.7. The van der Waals surface area contributed by atoms with Gasteiger partial charge in [0.25, 0.3) is 0 Å². The number of hydrogen-bond donors (Lipinski definition) is 0. The fraction of sp³-hybridized carbons (Fsp3) is 0.300. The minimum Gasteiger partial charge on any atom is -0.497 e. The molecule has 23 heavy (non-hydrogen) atoms. The zero-order valence-electron chi connectivity index (χ0n) is 14.0. The molecule has 0 amide bonds. The van der Waals surface area contributed by atoms with Gasteiger partial charge in [-0.25, -0.2) is 0 Å². The van der Waals surface area contributed by atoms with Gasteiger partial charge >= 0.3 is 0 Å². The molecule has 0 saturated carbocycles. The van der Waals surface area contributed by atoms with Gasteiger partial charge in [0.05, 0.1) is 11.3 Å². The summed E-state index contributed by atoms with van der Waals surface area (Å²) in [6.07, 6.45) is 14.4. The summed E-state index contributed by atoms with van der Waals surface area (Å²) in [7, 11) is 1.69. The predicted octanol–water partition coefficient (Wildman–Crippen LogP) is 6.55. The van der Waals surface area contributed by atoms with Crippen LogP contribution in [0.2, 0.25) is 0 Å². The van der Waals surface area contributed by atoms with Gasteiger partial charge < -0.3 is 4.74 Å². The highest BCUT2D eigenvalue weighted by molar-refractivity contribution is 8.00. The van der Waals surface area contributed by atoms with Crippen LogP contribution in [0.4, 0.5) is 0 Å². The quantitative estimate of drug-likeness (QED) is 0.397. The van der Waals surface area contributed by atoms with Crippen molar-refractivity contribution in [2.45, 2.75) is 30.4 Å².